The van der Waals surface area contributed by atoms with E-state index in [0.29, 0.717) is 5.82 Å². The Balaban J connectivity index is 2.79. The molecule has 2 N–H and O–H groups in total. The van der Waals surface area contributed by atoms with Crippen LogP contribution >= 0.6 is 7.60 Å². The van der Waals surface area contributed by atoms with Gasteiger partial charge in [-0.2, -0.15) is 0 Å². The van der Waals surface area contributed by atoms with Gasteiger partial charge in [0.15, 0.2) is 5.78 Å². The molecular formula is C24H37N2O4P. The average Bonchev–Trinajstić information content (AvgIpc) is 2.66. The Morgan fingerprint density at radius 3 is 1.90 bits per heavy atom. The second-order valence-corrected chi connectivity index (χ2v) is 11.7. The number of hydrogen-bond acceptors (Lipinski definition) is 6. The van der Waals surface area contributed by atoms with E-state index in [9.17, 15) is 9.67 Å². The SMILES string of the molecule is CCOP(=O)(OCC)C(Nc1ccccn1)c1cc(C(C)(C)C)c(O)c(C(C)(C)C)c1. The number of rotatable bonds is 8. The minimum atomic E-state index is -3.61. The molecule has 0 saturated heterocycles. The van der Waals surface area contributed by atoms with Crippen LogP contribution in [0.25, 0.3) is 0 Å². The fraction of sp³-hybridized carbons (Fsp3) is 0.542. The zero-order valence-electron chi connectivity index (χ0n) is 20.0. The van der Waals surface area contributed by atoms with Crippen molar-refractivity contribution in [2.75, 3.05) is 18.5 Å². The van der Waals surface area contributed by atoms with Gasteiger partial charge >= 0.3 is 7.60 Å². The third-order valence-corrected chi connectivity index (χ3v) is 7.24. The van der Waals surface area contributed by atoms with E-state index in [4.69, 9.17) is 9.05 Å². The van der Waals surface area contributed by atoms with Crippen molar-refractivity contribution in [1.82, 2.24) is 4.98 Å². The molecule has 0 fully saturated rings. The Hall–Kier alpha value is -1.88. The molecule has 0 aliphatic carbocycles. The summed E-state index contributed by atoms with van der Waals surface area (Å²) < 4.78 is 25.4. The molecule has 6 nitrogen and oxygen atoms in total. The number of aromatic hydroxyl groups is 1. The van der Waals surface area contributed by atoms with Crippen LogP contribution in [0.15, 0.2) is 36.5 Å². The average molecular weight is 449 g/mol. The number of nitrogens with one attached hydrogen (secondary N) is 1. The Morgan fingerprint density at radius 1 is 1.00 bits per heavy atom. The van der Waals surface area contributed by atoms with Crippen LogP contribution in [0.2, 0.25) is 0 Å². The lowest BCUT2D eigenvalue weighted by Crippen LogP contribution is -2.21. The summed E-state index contributed by atoms with van der Waals surface area (Å²) in [6, 6.07) is 9.29. The van der Waals surface area contributed by atoms with Gasteiger partial charge in [0.2, 0.25) is 0 Å². The Kier molecular flexibility index (Phi) is 7.96. The van der Waals surface area contributed by atoms with E-state index in [1.165, 1.54) is 0 Å². The maximum absolute atomic E-state index is 13.9. The van der Waals surface area contributed by atoms with E-state index in [1.807, 2.05) is 71.9 Å². The van der Waals surface area contributed by atoms with Gasteiger partial charge in [0.25, 0.3) is 0 Å². The van der Waals surface area contributed by atoms with Gasteiger partial charge in [0.05, 0.1) is 13.2 Å². The molecule has 0 amide bonds. The zero-order chi connectivity index (χ0) is 23.4. The fourth-order valence-electron chi connectivity index (χ4n) is 3.44. The number of aromatic nitrogens is 1. The number of pyridine rings is 1. The molecule has 172 valence electrons. The fourth-order valence-corrected chi connectivity index (χ4v) is 5.33. The van der Waals surface area contributed by atoms with Crippen LogP contribution in [0.4, 0.5) is 5.82 Å². The summed E-state index contributed by atoms with van der Waals surface area (Å²) >= 11 is 0. The monoisotopic (exact) mass is 448 g/mol. The number of nitrogens with zero attached hydrogens (tertiary/aromatic N) is 1. The first-order valence-corrected chi connectivity index (χ1v) is 12.4. The molecule has 0 aliphatic heterocycles. The van der Waals surface area contributed by atoms with E-state index in [-0.39, 0.29) is 29.8 Å². The van der Waals surface area contributed by atoms with Gasteiger partial charge in [0, 0.05) is 6.20 Å². The van der Waals surface area contributed by atoms with E-state index >= 15 is 0 Å². The van der Waals surface area contributed by atoms with Gasteiger partial charge in [-0.15, -0.1) is 0 Å². The van der Waals surface area contributed by atoms with Crippen LogP contribution in [0.3, 0.4) is 0 Å². The summed E-state index contributed by atoms with van der Waals surface area (Å²) in [6.07, 6.45) is 1.67. The summed E-state index contributed by atoms with van der Waals surface area (Å²) in [4.78, 5) is 4.35. The number of phenolic OH excluding ortho intramolecular Hbond substituents is 1. The highest BCUT2D eigenvalue weighted by atomic mass is 31.2. The van der Waals surface area contributed by atoms with Crippen molar-refractivity contribution < 1.29 is 18.7 Å². The molecule has 1 aromatic carbocycles. The number of hydrogen-bond donors (Lipinski definition) is 2. The lowest BCUT2D eigenvalue weighted by atomic mass is 9.78. The molecule has 0 saturated carbocycles. The van der Waals surface area contributed by atoms with Gasteiger partial charge in [-0.1, -0.05) is 47.6 Å². The van der Waals surface area contributed by atoms with E-state index in [1.54, 1.807) is 20.0 Å². The van der Waals surface area contributed by atoms with Crippen LogP contribution in [-0.2, 0) is 24.4 Å². The second-order valence-electron chi connectivity index (χ2n) is 9.60. The lowest BCUT2D eigenvalue weighted by molar-refractivity contribution is 0.214. The van der Waals surface area contributed by atoms with Crippen molar-refractivity contribution in [3.63, 3.8) is 0 Å². The molecule has 2 rings (SSSR count). The Bertz CT molecular complexity index is 872. The molecule has 1 aromatic heterocycles. The van der Waals surface area contributed by atoms with E-state index < -0.39 is 13.4 Å². The Labute approximate surface area is 186 Å². The van der Waals surface area contributed by atoms with Gasteiger partial charge in [-0.05, 0) is 65.6 Å². The highest BCUT2D eigenvalue weighted by Crippen LogP contribution is 2.61. The maximum Gasteiger partial charge on any atom is 0.357 e. The highest BCUT2D eigenvalue weighted by Gasteiger charge is 2.39. The van der Waals surface area contributed by atoms with Crippen molar-refractivity contribution in [3.05, 3.63) is 53.2 Å². The zero-order valence-corrected chi connectivity index (χ0v) is 20.9. The summed E-state index contributed by atoms with van der Waals surface area (Å²) in [7, 11) is -3.61. The second kappa shape index (κ2) is 9.72. The molecule has 7 heteroatoms. The quantitative estimate of drug-likeness (QED) is 0.434. The van der Waals surface area contributed by atoms with Crippen molar-refractivity contribution in [2.45, 2.75) is 72.0 Å². The molecule has 2 aromatic rings. The van der Waals surface area contributed by atoms with Crippen molar-refractivity contribution in [3.8, 4) is 5.75 Å². The van der Waals surface area contributed by atoms with E-state index in [2.05, 4.69) is 10.3 Å². The first-order chi connectivity index (χ1) is 14.3. The molecule has 1 atom stereocenters. The number of benzene rings is 1. The highest BCUT2D eigenvalue weighted by molar-refractivity contribution is 7.54. The number of anilines is 1. The standard InChI is InChI=1S/C24H37N2O4P/c1-9-29-31(28,30-10-2)22(26-20-13-11-12-14-25-20)17-15-18(23(3,4)5)21(27)19(16-17)24(6,7)8/h11-16,22,27H,9-10H2,1-8H3,(H,25,26). The molecule has 0 radical (unpaired) electrons. The first-order valence-electron chi connectivity index (χ1n) is 10.8. The summed E-state index contributed by atoms with van der Waals surface area (Å²) in [6.45, 7) is 16.3. The summed E-state index contributed by atoms with van der Waals surface area (Å²) in [5.41, 5.74) is 1.64. The smallest absolute Gasteiger partial charge is 0.357 e. The van der Waals surface area contributed by atoms with Crippen LogP contribution in [-0.4, -0.2) is 23.3 Å². The van der Waals surface area contributed by atoms with Crippen LogP contribution in [0.5, 0.6) is 5.75 Å². The van der Waals surface area contributed by atoms with Gasteiger partial charge in [-0.3, -0.25) is 4.57 Å². The summed E-state index contributed by atoms with van der Waals surface area (Å²) in [5, 5.41) is 14.4. The third kappa shape index (κ3) is 6.09. The van der Waals surface area contributed by atoms with Crippen molar-refractivity contribution in [2.24, 2.45) is 0 Å². The van der Waals surface area contributed by atoms with Crippen molar-refractivity contribution in [1.29, 1.82) is 0 Å². The van der Waals surface area contributed by atoms with Crippen LogP contribution < -0.4 is 5.32 Å². The molecular weight excluding hydrogens is 411 g/mol. The van der Waals surface area contributed by atoms with Gasteiger partial charge in [-0.25, -0.2) is 4.98 Å². The minimum Gasteiger partial charge on any atom is -0.507 e. The molecule has 0 spiro atoms. The molecule has 31 heavy (non-hydrogen) atoms. The predicted molar refractivity (Wildman–Crippen MR) is 127 cm³/mol. The van der Waals surface area contributed by atoms with Crippen LogP contribution in [0.1, 0.15) is 77.9 Å². The minimum absolute atomic E-state index is 0.244. The number of phenols is 1. The van der Waals surface area contributed by atoms with Crippen LogP contribution in [0, 0.1) is 0 Å². The maximum atomic E-state index is 13.9. The predicted octanol–water partition coefficient (Wildman–Crippen LogP) is 6.76. The summed E-state index contributed by atoms with van der Waals surface area (Å²) in [5.74, 6) is 0.0444. The molecule has 0 aliphatic rings. The molecule has 1 unspecified atom stereocenters. The first kappa shape index (κ1) is 25.4. The molecule has 0 bridgehead atoms. The lowest BCUT2D eigenvalue weighted by Gasteiger charge is -2.32. The topological polar surface area (TPSA) is 80.7 Å². The Morgan fingerprint density at radius 2 is 1.52 bits per heavy atom. The normalized spacial score (nSPS) is 13.8. The van der Waals surface area contributed by atoms with E-state index in [0.717, 1.165) is 16.7 Å². The van der Waals surface area contributed by atoms with Crippen molar-refractivity contribution >= 4 is 13.4 Å². The third-order valence-electron chi connectivity index (χ3n) is 4.95. The largest absolute Gasteiger partial charge is 0.507 e. The molecule has 1 heterocycles. The van der Waals surface area contributed by atoms with Gasteiger partial charge < -0.3 is 19.5 Å². The van der Waals surface area contributed by atoms with Gasteiger partial charge in [0.1, 0.15) is 11.6 Å².